The minimum Gasteiger partial charge on any atom is -0.487 e. The first kappa shape index (κ1) is 17.1. The van der Waals surface area contributed by atoms with Gasteiger partial charge in [0.25, 0.3) is 0 Å². The number of rotatable bonds is 6. The third-order valence-corrected chi connectivity index (χ3v) is 3.88. The van der Waals surface area contributed by atoms with Gasteiger partial charge in [0.15, 0.2) is 0 Å². The van der Waals surface area contributed by atoms with E-state index in [-0.39, 0.29) is 0 Å². The molecule has 1 unspecified atom stereocenters. The zero-order valence-electron chi connectivity index (χ0n) is 12.5. The molecule has 1 aliphatic rings. The van der Waals surface area contributed by atoms with E-state index in [1.165, 1.54) is 0 Å². The van der Waals surface area contributed by atoms with Gasteiger partial charge < -0.3 is 15.2 Å². The molecule has 1 aliphatic heterocycles. The number of carboxylic acid groups (broad SMARTS) is 1. The van der Waals surface area contributed by atoms with Crippen molar-refractivity contribution in [3.05, 3.63) is 33.3 Å². The highest BCUT2D eigenvalue weighted by atomic mass is 35.5. The van der Waals surface area contributed by atoms with E-state index < -0.39 is 12.0 Å². The molecule has 0 bridgehead atoms. The van der Waals surface area contributed by atoms with Crippen LogP contribution in [0.5, 0.6) is 5.75 Å². The van der Waals surface area contributed by atoms with Crippen molar-refractivity contribution >= 4 is 35.2 Å². The predicted octanol–water partition coefficient (Wildman–Crippen LogP) is 3.86. The molecule has 2 N–H and O–H groups in total. The Hall–Kier alpha value is -1.23. The summed E-state index contributed by atoms with van der Waals surface area (Å²) in [7, 11) is 0. The Balaban J connectivity index is 2.07. The Morgan fingerprint density at radius 3 is 2.77 bits per heavy atom. The van der Waals surface area contributed by atoms with Crippen molar-refractivity contribution in [2.24, 2.45) is 5.92 Å². The number of hydrogen-bond acceptors (Lipinski definition) is 3. The number of halogens is 2. The molecule has 1 aromatic rings. The van der Waals surface area contributed by atoms with Crippen LogP contribution in [0.4, 0.5) is 0 Å². The van der Waals surface area contributed by atoms with Gasteiger partial charge in [0, 0.05) is 17.1 Å². The number of carboxylic acids is 1. The Morgan fingerprint density at radius 1 is 1.41 bits per heavy atom. The summed E-state index contributed by atoms with van der Waals surface area (Å²) < 4.78 is 5.65. The first-order valence-electron chi connectivity index (χ1n) is 7.14. The summed E-state index contributed by atoms with van der Waals surface area (Å²) in [4.78, 5) is 11.2. The Kier molecular flexibility index (Phi) is 5.73. The average molecular weight is 344 g/mol. The van der Waals surface area contributed by atoms with Crippen LogP contribution in [0, 0.1) is 5.92 Å². The molecule has 1 atom stereocenters. The van der Waals surface area contributed by atoms with Gasteiger partial charge in [-0.3, -0.25) is 4.79 Å². The smallest absolute Gasteiger partial charge is 0.320 e. The molecule has 0 saturated carbocycles. The summed E-state index contributed by atoms with van der Waals surface area (Å²) in [6, 6.07) is 2.86. The second kappa shape index (κ2) is 7.36. The first-order chi connectivity index (χ1) is 10.4. The number of benzene rings is 1. The maximum atomic E-state index is 11.2. The molecule has 1 heterocycles. The molecule has 0 fully saturated rings. The molecule has 0 saturated heterocycles. The fourth-order valence-electron chi connectivity index (χ4n) is 2.37. The summed E-state index contributed by atoms with van der Waals surface area (Å²) in [6.07, 6.45) is 2.52. The standard InChI is InChI=1S/C16H19Cl2NO3/c1-9(2)3-14(16(20)21)19-7-10-4-11-5-12(17)6-13(18)15(11)22-8-10/h4-6,9,14,19H,3,7-8H2,1-2H3,(H,20,21). The number of hydrogen-bond donors (Lipinski definition) is 2. The van der Waals surface area contributed by atoms with E-state index in [1.807, 2.05) is 19.9 Å². The third-order valence-electron chi connectivity index (χ3n) is 3.38. The minimum atomic E-state index is -0.836. The summed E-state index contributed by atoms with van der Waals surface area (Å²) in [5.41, 5.74) is 1.78. The van der Waals surface area contributed by atoms with E-state index in [9.17, 15) is 9.90 Å². The second-order valence-electron chi connectivity index (χ2n) is 5.80. The highest BCUT2D eigenvalue weighted by molar-refractivity contribution is 6.36. The fourth-order valence-corrected chi connectivity index (χ4v) is 2.93. The van der Waals surface area contributed by atoms with Gasteiger partial charge in [-0.1, -0.05) is 37.0 Å². The van der Waals surface area contributed by atoms with Crippen molar-refractivity contribution in [2.75, 3.05) is 13.2 Å². The maximum Gasteiger partial charge on any atom is 0.320 e. The second-order valence-corrected chi connectivity index (χ2v) is 6.64. The molecule has 0 aliphatic carbocycles. The van der Waals surface area contributed by atoms with Crippen molar-refractivity contribution in [3.63, 3.8) is 0 Å². The number of fused-ring (bicyclic) bond motifs is 1. The summed E-state index contributed by atoms with van der Waals surface area (Å²) in [5.74, 6) is 0.0906. The van der Waals surface area contributed by atoms with Crippen molar-refractivity contribution in [1.82, 2.24) is 5.32 Å². The van der Waals surface area contributed by atoms with Gasteiger partial charge in [0.2, 0.25) is 0 Å². The van der Waals surface area contributed by atoms with E-state index in [4.69, 9.17) is 27.9 Å². The Labute approximate surface area is 140 Å². The SMILES string of the molecule is CC(C)CC(NCC1=Cc2cc(Cl)cc(Cl)c2OC1)C(=O)O. The van der Waals surface area contributed by atoms with Crippen LogP contribution in [0.2, 0.25) is 10.0 Å². The van der Waals surface area contributed by atoms with Gasteiger partial charge in [-0.05, 0) is 36.1 Å². The lowest BCUT2D eigenvalue weighted by molar-refractivity contribution is -0.139. The zero-order chi connectivity index (χ0) is 16.3. The highest BCUT2D eigenvalue weighted by Crippen LogP contribution is 2.36. The van der Waals surface area contributed by atoms with E-state index >= 15 is 0 Å². The molecule has 0 amide bonds. The lowest BCUT2D eigenvalue weighted by Crippen LogP contribution is -2.39. The maximum absolute atomic E-state index is 11.2. The van der Waals surface area contributed by atoms with E-state index in [2.05, 4.69) is 5.32 Å². The largest absolute Gasteiger partial charge is 0.487 e. The average Bonchev–Trinajstić information content (AvgIpc) is 2.42. The Bertz CT molecular complexity index is 599. The zero-order valence-corrected chi connectivity index (χ0v) is 14.0. The minimum absolute atomic E-state index is 0.309. The lowest BCUT2D eigenvalue weighted by Gasteiger charge is -2.22. The van der Waals surface area contributed by atoms with Crippen molar-refractivity contribution in [3.8, 4) is 5.75 Å². The first-order valence-corrected chi connectivity index (χ1v) is 7.90. The normalized spacial score (nSPS) is 15.0. The fraction of sp³-hybridized carbons (Fsp3) is 0.438. The summed E-state index contributed by atoms with van der Waals surface area (Å²) >= 11 is 12.1. The van der Waals surface area contributed by atoms with Crippen LogP contribution >= 0.6 is 23.2 Å². The molecule has 0 radical (unpaired) electrons. The Morgan fingerprint density at radius 2 is 2.14 bits per heavy atom. The lowest BCUT2D eigenvalue weighted by atomic mass is 10.0. The van der Waals surface area contributed by atoms with Crippen LogP contribution < -0.4 is 10.1 Å². The number of carbonyl (C=O) groups is 1. The van der Waals surface area contributed by atoms with Crippen LogP contribution in [0.15, 0.2) is 17.7 Å². The number of aliphatic carboxylic acids is 1. The molecule has 4 nitrogen and oxygen atoms in total. The molecule has 1 aromatic carbocycles. The van der Waals surface area contributed by atoms with Crippen molar-refractivity contribution in [1.29, 1.82) is 0 Å². The highest BCUT2D eigenvalue weighted by Gasteiger charge is 2.20. The van der Waals surface area contributed by atoms with Crippen molar-refractivity contribution in [2.45, 2.75) is 26.3 Å². The third kappa shape index (κ3) is 4.38. The van der Waals surface area contributed by atoms with Crippen LogP contribution in [0.3, 0.4) is 0 Å². The van der Waals surface area contributed by atoms with E-state index in [0.717, 1.165) is 11.1 Å². The predicted molar refractivity (Wildman–Crippen MR) is 88.8 cm³/mol. The molecule has 0 aromatic heterocycles. The van der Waals surface area contributed by atoms with Gasteiger partial charge in [-0.15, -0.1) is 0 Å². The molecule has 2 rings (SSSR count). The molecular formula is C16H19Cl2NO3. The van der Waals surface area contributed by atoms with Gasteiger partial charge in [-0.25, -0.2) is 0 Å². The molecule has 120 valence electrons. The van der Waals surface area contributed by atoms with Crippen molar-refractivity contribution < 1.29 is 14.6 Å². The number of ether oxygens (including phenoxy) is 1. The van der Waals surface area contributed by atoms with Gasteiger partial charge in [0.05, 0.1) is 5.02 Å². The monoisotopic (exact) mass is 343 g/mol. The van der Waals surface area contributed by atoms with E-state index in [0.29, 0.717) is 41.3 Å². The molecular weight excluding hydrogens is 325 g/mol. The quantitative estimate of drug-likeness (QED) is 0.823. The van der Waals surface area contributed by atoms with Crippen LogP contribution in [0.1, 0.15) is 25.8 Å². The molecule has 22 heavy (non-hydrogen) atoms. The summed E-state index contributed by atoms with van der Waals surface area (Å²) in [5, 5.41) is 13.3. The van der Waals surface area contributed by atoms with Crippen LogP contribution in [0.25, 0.3) is 6.08 Å². The van der Waals surface area contributed by atoms with Gasteiger partial charge in [-0.2, -0.15) is 0 Å². The topological polar surface area (TPSA) is 58.6 Å². The van der Waals surface area contributed by atoms with E-state index in [1.54, 1.807) is 12.1 Å². The van der Waals surface area contributed by atoms with Gasteiger partial charge >= 0.3 is 5.97 Å². The van der Waals surface area contributed by atoms with Crippen LogP contribution in [-0.2, 0) is 4.79 Å². The van der Waals surface area contributed by atoms with Crippen LogP contribution in [-0.4, -0.2) is 30.3 Å². The molecule has 6 heteroatoms. The molecule has 0 spiro atoms. The van der Waals surface area contributed by atoms with Gasteiger partial charge in [0.1, 0.15) is 18.4 Å². The summed E-state index contributed by atoms with van der Waals surface area (Å²) in [6.45, 7) is 4.84. The number of nitrogens with one attached hydrogen (secondary N) is 1.